The largest absolute Gasteiger partial charge is 0.347 e. The number of aryl methyl sites for hydroxylation is 1. The Morgan fingerprint density at radius 3 is 2.78 bits per heavy atom. The third-order valence-corrected chi connectivity index (χ3v) is 4.96. The summed E-state index contributed by atoms with van der Waals surface area (Å²) in [6.45, 7) is 2.48. The van der Waals surface area contributed by atoms with Crippen LogP contribution < -0.4 is 5.32 Å². The van der Waals surface area contributed by atoms with Crippen molar-refractivity contribution in [1.82, 2.24) is 5.32 Å². The molecule has 1 aromatic carbocycles. The van der Waals surface area contributed by atoms with Crippen molar-refractivity contribution in [3.8, 4) is 0 Å². The van der Waals surface area contributed by atoms with Crippen molar-refractivity contribution in [3.63, 3.8) is 0 Å². The summed E-state index contributed by atoms with van der Waals surface area (Å²) in [7, 11) is 0. The summed E-state index contributed by atoms with van der Waals surface area (Å²) in [5.74, 6) is -0.0471. The molecule has 0 fully saturated rings. The Balaban J connectivity index is 2.08. The van der Waals surface area contributed by atoms with Gasteiger partial charge in [-0.1, -0.05) is 22.0 Å². The van der Waals surface area contributed by atoms with Crippen LogP contribution in [0.2, 0.25) is 0 Å². The summed E-state index contributed by atoms with van der Waals surface area (Å²) in [6.07, 6.45) is 0. The molecule has 1 aromatic heterocycles. The summed E-state index contributed by atoms with van der Waals surface area (Å²) < 4.78 is 1.95. The Bertz CT molecular complexity index is 580. The van der Waals surface area contributed by atoms with Gasteiger partial charge in [0.05, 0.1) is 6.54 Å². The number of carbonyl (C=O) groups is 1. The van der Waals surface area contributed by atoms with Gasteiger partial charge in [0.15, 0.2) is 0 Å². The van der Waals surface area contributed by atoms with Gasteiger partial charge in [-0.05, 0) is 52.0 Å². The van der Waals surface area contributed by atoms with Gasteiger partial charge >= 0.3 is 0 Å². The minimum atomic E-state index is -0.0471. The first-order valence-electron chi connectivity index (χ1n) is 5.34. The van der Waals surface area contributed by atoms with E-state index in [1.165, 1.54) is 0 Å². The van der Waals surface area contributed by atoms with Crippen molar-refractivity contribution in [2.24, 2.45) is 0 Å². The van der Waals surface area contributed by atoms with Crippen molar-refractivity contribution < 1.29 is 4.79 Å². The summed E-state index contributed by atoms with van der Waals surface area (Å²) in [6, 6.07) is 7.69. The van der Waals surface area contributed by atoms with Crippen LogP contribution in [0.15, 0.2) is 38.6 Å². The normalized spacial score (nSPS) is 10.4. The SMILES string of the molecule is Cc1ccc(Br)cc1C(=O)NCc1sccc1Br. The molecule has 2 rings (SSSR count). The van der Waals surface area contributed by atoms with Crippen molar-refractivity contribution in [3.05, 3.63) is 54.6 Å². The number of hydrogen-bond donors (Lipinski definition) is 1. The van der Waals surface area contributed by atoms with Crippen molar-refractivity contribution in [1.29, 1.82) is 0 Å². The molecule has 0 aliphatic carbocycles. The van der Waals surface area contributed by atoms with E-state index in [0.29, 0.717) is 12.1 Å². The van der Waals surface area contributed by atoms with Crippen LogP contribution in [0, 0.1) is 6.92 Å². The number of halogens is 2. The fraction of sp³-hybridized carbons (Fsp3) is 0.154. The molecule has 94 valence electrons. The molecule has 0 saturated carbocycles. The van der Waals surface area contributed by atoms with Crippen molar-refractivity contribution in [2.75, 3.05) is 0 Å². The first kappa shape index (κ1) is 13.8. The van der Waals surface area contributed by atoms with Crippen LogP contribution in [-0.2, 0) is 6.54 Å². The van der Waals surface area contributed by atoms with Crippen LogP contribution in [0.3, 0.4) is 0 Å². The second kappa shape index (κ2) is 5.99. The number of rotatable bonds is 3. The number of nitrogens with one attached hydrogen (secondary N) is 1. The van der Waals surface area contributed by atoms with E-state index in [1.54, 1.807) is 11.3 Å². The molecular formula is C13H11Br2NOS. The molecule has 1 amide bonds. The highest BCUT2D eigenvalue weighted by Crippen LogP contribution is 2.22. The molecule has 1 heterocycles. The van der Waals surface area contributed by atoms with Crippen LogP contribution in [0.25, 0.3) is 0 Å². The van der Waals surface area contributed by atoms with Gasteiger partial charge in [-0.2, -0.15) is 0 Å². The van der Waals surface area contributed by atoms with Crippen LogP contribution in [-0.4, -0.2) is 5.91 Å². The maximum Gasteiger partial charge on any atom is 0.251 e. The average Bonchev–Trinajstić information content (AvgIpc) is 2.75. The molecule has 2 nitrogen and oxygen atoms in total. The number of thiophene rings is 1. The maximum atomic E-state index is 12.1. The van der Waals surface area contributed by atoms with E-state index in [9.17, 15) is 4.79 Å². The standard InChI is InChI=1S/C13H11Br2NOS/c1-8-2-3-9(14)6-10(8)13(17)16-7-12-11(15)4-5-18-12/h2-6H,7H2,1H3,(H,16,17). The second-order valence-corrected chi connectivity index (χ2v) is 6.60. The highest BCUT2D eigenvalue weighted by molar-refractivity contribution is 9.10. The molecule has 0 unspecified atom stereocenters. The molecule has 18 heavy (non-hydrogen) atoms. The van der Waals surface area contributed by atoms with Crippen LogP contribution in [0.5, 0.6) is 0 Å². The van der Waals surface area contributed by atoms with Gasteiger partial charge in [0.25, 0.3) is 5.91 Å². The van der Waals surface area contributed by atoms with E-state index in [4.69, 9.17) is 0 Å². The predicted octanol–water partition coefficient (Wildman–Crippen LogP) is 4.51. The Kier molecular flexibility index (Phi) is 4.59. The lowest BCUT2D eigenvalue weighted by atomic mass is 10.1. The van der Waals surface area contributed by atoms with Gasteiger partial charge in [0.2, 0.25) is 0 Å². The van der Waals surface area contributed by atoms with Crippen molar-refractivity contribution >= 4 is 49.1 Å². The molecule has 1 N–H and O–H groups in total. The third kappa shape index (κ3) is 3.22. The Labute approximate surface area is 127 Å². The van der Waals surface area contributed by atoms with Gasteiger partial charge in [-0.15, -0.1) is 11.3 Å². The summed E-state index contributed by atoms with van der Waals surface area (Å²) >= 11 is 8.45. The van der Waals surface area contributed by atoms with Crippen LogP contribution in [0.4, 0.5) is 0 Å². The molecule has 0 aliphatic heterocycles. The average molecular weight is 389 g/mol. The van der Waals surface area contributed by atoms with Gasteiger partial charge in [0.1, 0.15) is 0 Å². The van der Waals surface area contributed by atoms with E-state index in [2.05, 4.69) is 37.2 Å². The lowest BCUT2D eigenvalue weighted by Gasteiger charge is -2.07. The minimum Gasteiger partial charge on any atom is -0.347 e. The predicted molar refractivity (Wildman–Crippen MR) is 82.1 cm³/mol. The van der Waals surface area contributed by atoms with Crippen LogP contribution >= 0.6 is 43.2 Å². The Morgan fingerprint density at radius 1 is 1.33 bits per heavy atom. The summed E-state index contributed by atoms with van der Waals surface area (Å²) in [4.78, 5) is 13.2. The van der Waals surface area contributed by atoms with E-state index in [1.807, 2.05) is 36.6 Å². The van der Waals surface area contributed by atoms with E-state index in [0.717, 1.165) is 19.4 Å². The van der Waals surface area contributed by atoms with Gasteiger partial charge < -0.3 is 5.32 Å². The van der Waals surface area contributed by atoms with Gasteiger partial charge in [0, 0.05) is 19.4 Å². The van der Waals surface area contributed by atoms with E-state index >= 15 is 0 Å². The highest BCUT2D eigenvalue weighted by atomic mass is 79.9. The number of benzene rings is 1. The third-order valence-electron chi connectivity index (χ3n) is 2.54. The van der Waals surface area contributed by atoms with Gasteiger partial charge in [-0.3, -0.25) is 4.79 Å². The lowest BCUT2D eigenvalue weighted by Crippen LogP contribution is -2.23. The molecule has 5 heteroatoms. The molecule has 0 bridgehead atoms. The number of carbonyl (C=O) groups excluding carboxylic acids is 1. The maximum absolute atomic E-state index is 12.1. The summed E-state index contributed by atoms with van der Waals surface area (Å²) in [5.41, 5.74) is 1.68. The zero-order valence-electron chi connectivity index (χ0n) is 9.67. The van der Waals surface area contributed by atoms with Gasteiger partial charge in [-0.25, -0.2) is 0 Å². The zero-order chi connectivity index (χ0) is 13.1. The molecule has 2 aromatic rings. The topological polar surface area (TPSA) is 29.1 Å². The fourth-order valence-electron chi connectivity index (χ4n) is 1.55. The molecule has 0 aliphatic rings. The molecule has 0 spiro atoms. The Hall–Kier alpha value is -0.650. The Morgan fingerprint density at radius 2 is 2.11 bits per heavy atom. The lowest BCUT2D eigenvalue weighted by molar-refractivity contribution is 0.0950. The summed E-state index contributed by atoms with van der Waals surface area (Å²) in [5, 5.41) is 4.93. The molecule has 0 atom stereocenters. The molecular weight excluding hydrogens is 378 g/mol. The van der Waals surface area contributed by atoms with Crippen molar-refractivity contribution in [2.45, 2.75) is 13.5 Å². The van der Waals surface area contributed by atoms with E-state index in [-0.39, 0.29) is 5.91 Å². The quantitative estimate of drug-likeness (QED) is 0.823. The first-order chi connectivity index (χ1) is 8.58. The van der Waals surface area contributed by atoms with Crippen LogP contribution in [0.1, 0.15) is 20.8 Å². The smallest absolute Gasteiger partial charge is 0.251 e. The molecule has 0 saturated heterocycles. The number of hydrogen-bond acceptors (Lipinski definition) is 2. The molecule has 0 radical (unpaired) electrons. The highest BCUT2D eigenvalue weighted by Gasteiger charge is 2.10. The number of amides is 1. The fourth-order valence-corrected chi connectivity index (χ4v) is 3.34. The monoisotopic (exact) mass is 387 g/mol. The zero-order valence-corrected chi connectivity index (χ0v) is 13.7. The van der Waals surface area contributed by atoms with E-state index < -0.39 is 0 Å². The minimum absolute atomic E-state index is 0.0471. The first-order valence-corrected chi connectivity index (χ1v) is 7.80. The second-order valence-electron chi connectivity index (χ2n) is 3.83.